The zero-order valence-electron chi connectivity index (χ0n) is 13.0. The molecule has 1 aliphatic heterocycles. The zero-order chi connectivity index (χ0) is 14.4. The van der Waals surface area contributed by atoms with Gasteiger partial charge in [-0.25, -0.2) is 0 Å². The van der Waals surface area contributed by atoms with Crippen LogP contribution in [0.1, 0.15) is 38.8 Å². The summed E-state index contributed by atoms with van der Waals surface area (Å²) < 4.78 is 17.5. The van der Waals surface area contributed by atoms with Gasteiger partial charge in [0.25, 0.3) is 0 Å². The highest BCUT2D eigenvalue weighted by Crippen LogP contribution is 2.37. The zero-order valence-corrected chi connectivity index (χ0v) is 13.0. The third-order valence-corrected chi connectivity index (χ3v) is 4.29. The Balaban J connectivity index is 2.40. The van der Waals surface area contributed by atoms with Crippen LogP contribution in [-0.4, -0.2) is 25.4 Å². The maximum absolute atomic E-state index is 6.12. The van der Waals surface area contributed by atoms with Crippen LogP contribution in [0.5, 0.6) is 5.75 Å². The Bertz CT molecular complexity index is 455. The summed E-state index contributed by atoms with van der Waals surface area (Å²) in [6, 6.07) is 4.04. The molecule has 1 saturated heterocycles. The van der Waals surface area contributed by atoms with E-state index in [-0.39, 0.29) is 18.3 Å². The molecule has 0 atom stereocenters. The molecular weight excluding hydrogens is 239 g/mol. The number of aryl methyl sites for hydroxylation is 2. The number of hydrogen-bond donors (Lipinski definition) is 0. The van der Waals surface area contributed by atoms with E-state index in [2.05, 4.69) is 41.5 Å². The maximum atomic E-state index is 6.12. The monoisotopic (exact) mass is 262 g/mol. The van der Waals surface area contributed by atoms with E-state index in [1.165, 1.54) is 0 Å². The minimum Gasteiger partial charge on any atom is -0.497 e. The van der Waals surface area contributed by atoms with Gasteiger partial charge in [0.15, 0.2) is 0 Å². The predicted molar refractivity (Wildman–Crippen MR) is 78.2 cm³/mol. The second-order valence-electron chi connectivity index (χ2n) is 6.26. The lowest BCUT2D eigenvalue weighted by atomic mass is 9.73. The van der Waals surface area contributed by atoms with Crippen molar-refractivity contribution in [3.8, 4) is 5.75 Å². The molecular formula is C15H23BO3. The molecule has 0 aromatic heterocycles. The van der Waals surface area contributed by atoms with Gasteiger partial charge >= 0.3 is 7.12 Å². The molecule has 0 saturated carbocycles. The van der Waals surface area contributed by atoms with Crippen molar-refractivity contribution in [2.75, 3.05) is 7.11 Å². The molecule has 1 fully saturated rings. The summed E-state index contributed by atoms with van der Waals surface area (Å²) in [5.74, 6) is 0.871. The minimum absolute atomic E-state index is 0.309. The fraction of sp³-hybridized carbons (Fsp3) is 0.600. The van der Waals surface area contributed by atoms with Crippen LogP contribution in [0, 0.1) is 13.8 Å². The third-order valence-electron chi connectivity index (χ3n) is 4.29. The molecule has 104 valence electrons. The number of methoxy groups -OCH3 is 1. The van der Waals surface area contributed by atoms with E-state index in [0.717, 1.165) is 22.3 Å². The highest BCUT2D eigenvalue weighted by molar-refractivity contribution is 6.63. The summed E-state index contributed by atoms with van der Waals surface area (Å²) in [7, 11) is 1.37. The fourth-order valence-corrected chi connectivity index (χ4v) is 2.39. The van der Waals surface area contributed by atoms with Crippen molar-refractivity contribution in [3.05, 3.63) is 23.3 Å². The van der Waals surface area contributed by atoms with Crippen LogP contribution in [0.15, 0.2) is 12.1 Å². The van der Waals surface area contributed by atoms with E-state index in [1.807, 2.05) is 12.1 Å². The molecule has 0 bridgehead atoms. The molecule has 1 aliphatic rings. The normalized spacial score (nSPS) is 20.7. The molecule has 2 rings (SSSR count). The Hall–Kier alpha value is -0.995. The molecule has 1 aromatic rings. The van der Waals surface area contributed by atoms with Gasteiger partial charge in [0.05, 0.1) is 18.3 Å². The van der Waals surface area contributed by atoms with Gasteiger partial charge in [-0.3, -0.25) is 0 Å². The van der Waals surface area contributed by atoms with Crippen LogP contribution in [-0.2, 0) is 9.31 Å². The summed E-state index contributed by atoms with van der Waals surface area (Å²) in [4.78, 5) is 0. The molecule has 0 spiro atoms. The van der Waals surface area contributed by atoms with Crippen molar-refractivity contribution in [2.45, 2.75) is 52.7 Å². The molecule has 3 nitrogen and oxygen atoms in total. The van der Waals surface area contributed by atoms with E-state index in [4.69, 9.17) is 14.0 Å². The second kappa shape index (κ2) is 4.53. The van der Waals surface area contributed by atoms with Crippen molar-refractivity contribution >= 4 is 12.6 Å². The largest absolute Gasteiger partial charge is 0.497 e. The molecule has 0 radical (unpaired) electrons. The molecule has 0 N–H and O–H groups in total. The van der Waals surface area contributed by atoms with Gasteiger partial charge < -0.3 is 14.0 Å². The van der Waals surface area contributed by atoms with E-state index in [9.17, 15) is 0 Å². The molecule has 4 heteroatoms. The summed E-state index contributed by atoms with van der Waals surface area (Å²) in [6.07, 6.45) is 0. The summed E-state index contributed by atoms with van der Waals surface area (Å²) >= 11 is 0. The van der Waals surface area contributed by atoms with Gasteiger partial charge in [-0.05, 0) is 70.3 Å². The van der Waals surface area contributed by atoms with Gasteiger partial charge in [-0.2, -0.15) is 0 Å². The van der Waals surface area contributed by atoms with E-state index < -0.39 is 0 Å². The van der Waals surface area contributed by atoms with Gasteiger partial charge in [0.1, 0.15) is 5.75 Å². The topological polar surface area (TPSA) is 27.7 Å². The average molecular weight is 262 g/mol. The van der Waals surface area contributed by atoms with Crippen LogP contribution >= 0.6 is 0 Å². The molecule has 1 heterocycles. The average Bonchev–Trinajstić information content (AvgIpc) is 2.46. The Kier molecular flexibility index (Phi) is 3.44. The van der Waals surface area contributed by atoms with Crippen LogP contribution < -0.4 is 10.2 Å². The predicted octanol–water partition coefficient (Wildman–Crippen LogP) is 2.61. The van der Waals surface area contributed by atoms with Gasteiger partial charge in [0.2, 0.25) is 0 Å². The van der Waals surface area contributed by atoms with Crippen LogP contribution in [0.3, 0.4) is 0 Å². The highest BCUT2D eigenvalue weighted by Gasteiger charge is 2.52. The molecule has 19 heavy (non-hydrogen) atoms. The Labute approximate surface area is 116 Å². The lowest BCUT2D eigenvalue weighted by Crippen LogP contribution is -2.41. The Morgan fingerprint density at radius 3 is 1.74 bits per heavy atom. The van der Waals surface area contributed by atoms with Crippen molar-refractivity contribution < 1.29 is 14.0 Å². The minimum atomic E-state index is -0.309. The van der Waals surface area contributed by atoms with Crippen molar-refractivity contribution in [1.82, 2.24) is 0 Å². The Morgan fingerprint density at radius 2 is 1.37 bits per heavy atom. The number of rotatable bonds is 2. The van der Waals surface area contributed by atoms with Gasteiger partial charge in [-0.15, -0.1) is 0 Å². The van der Waals surface area contributed by atoms with Crippen LogP contribution in [0.2, 0.25) is 0 Å². The lowest BCUT2D eigenvalue weighted by molar-refractivity contribution is 0.00578. The SMILES string of the molecule is COc1cc(C)c(B2OC(C)(C)C(C)(C)O2)c(C)c1. The molecule has 0 amide bonds. The van der Waals surface area contributed by atoms with Gasteiger partial charge in [-0.1, -0.05) is 0 Å². The first-order chi connectivity index (χ1) is 8.68. The fourth-order valence-electron chi connectivity index (χ4n) is 2.39. The second-order valence-corrected chi connectivity index (χ2v) is 6.26. The number of ether oxygens (including phenoxy) is 1. The van der Waals surface area contributed by atoms with Crippen molar-refractivity contribution in [1.29, 1.82) is 0 Å². The van der Waals surface area contributed by atoms with Crippen LogP contribution in [0.25, 0.3) is 0 Å². The summed E-state index contributed by atoms with van der Waals surface area (Å²) in [5, 5.41) is 0. The highest BCUT2D eigenvalue weighted by atomic mass is 16.7. The quantitative estimate of drug-likeness (QED) is 0.767. The number of benzene rings is 1. The standard InChI is InChI=1S/C15H23BO3/c1-10-8-12(17-7)9-11(2)13(10)16-18-14(3,4)15(5,6)19-16/h8-9H,1-7H3. The lowest BCUT2D eigenvalue weighted by Gasteiger charge is -2.32. The molecule has 0 aliphatic carbocycles. The first-order valence-corrected chi connectivity index (χ1v) is 6.69. The van der Waals surface area contributed by atoms with Crippen molar-refractivity contribution in [3.63, 3.8) is 0 Å². The Morgan fingerprint density at radius 1 is 0.947 bits per heavy atom. The van der Waals surface area contributed by atoms with E-state index in [0.29, 0.717) is 0 Å². The first-order valence-electron chi connectivity index (χ1n) is 6.69. The summed E-state index contributed by atoms with van der Waals surface area (Å²) in [6.45, 7) is 12.4. The third kappa shape index (κ3) is 2.39. The van der Waals surface area contributed by atoms with Crippen molar-refractivity contribution in [2.24, 2.45) is 0 Å². The summed E-state index contributed by atoms with van der Waals surface area (Å²) in [5.41, 5.74) is 2.76. The first kappa shape index (κ1) is 14.4. The molecule has 0 unspecified atom stereocenters. The maximum Gasteiger partial charge on any atom is 0.495 e. The smallest absolute Gasteiger partial charge is 0.495 e. The number of hydrogen-bond acceptors (Lipinski definition) is 3. The van der Waals surface area contributed by atoms with E-state index >= 15 is 0 Å². The molecule has 1 aromatic carbocycles. The van der Waals surface area contributed by atoms with E-state index in [1.54, 1.807) is 7.11 Å². The van der Waals surface area contributed by atoms with Crippen LogP contribution in [0.4, 0.5) is 0 Å². The van der Waals surface area contributed by atoms with Gasteiger partial charge in [0, 0.05) is 0 Å².